The van der Waals surface area contributed by atoms with Crippen LogP contribution in [0.25, 0.3) is 17.0 Å². The van der Waals surface area contributed by atoms with Crippen LogP contribution in [0.1, 0.15) is 133 Å². The summed E-state index contributed by atoms with van der Waals surface area (Å²) in [4.78, 5) is 59.5. The molecule has 3 aromatic rings. The van der Waals surface area contributed by atoms with Gasteiger partial charge >= 0.3 is 0 Å². The summed E-state index contributed by atoms with van der Waals surface area (Å²) >= 11 is 0. The Morgan fingerprint density at radius 2 is 1.18 bits per heavy atom. The largest absolute Gasteiger partial charge is 0.351 e. The fourth-order valence-electron chi connectivity index (χ4n) is 11.7. The van der Waals surface area contributed by atoms with Crippen LogP contribution < -0.4 is 21.3 Å². The molecule has 0 radical (unpaired) electrons. The highest BCUT2D eigenvalue weighted by Crippen LogP contribution is 2.34. The van der Waals surface area contributed by atoms with E-state index >= 15 is 0 Å². The van der Waals surface area contributed by atoms with Crippen molar-refractivity contribution in [3.05, 3.63) is 77.8 Å². The highest BCUT2D eigenvalue weighted by molar-refractivity contribution is 5.91. The number of hydrogen-bond donors (Lipinski definition) is 4. The van der Waals surface area contributed by atoms with Gasteiger partial charge in [0.25, 0.3) is 0 Å². The maximum Gasteiger partial charge on any atom is 0.245 e. The number of likely N-dealkylation sites (tertiary alicyclic amines) is 2. The molecule has 4 heterocycles. The van der Waals surface area contributed by atoms with Crippen molar-refractivity contribution in [2.45, 2.75) is 179 Å². The summed E-state index contributed by atoms with van der Waals surface area (Å²) in [6.07, 6.45) is 27.7. The average Bonchev–Trinajstić information content (AvgIpc) is 4.15. The van der Waals surface area contributed by atoms with Gasteiger partial charge in [-0.3, -0.25) is 19.2 Å². The van der Waals surface area contributed by atoms with Crippen LogP contribution in [0.3, 0.4) is 0 Å². The van der Waals surface area contributed by atoms with E-state index in [9.17, 15) is 19.2 Å². The van der Waals surface area contributed by atoms with Gasteiger partial charge in [0.05, 0.1) is 12.1 Å². The third-order valence-electron chi connectivity index (χ3n) is 15.8. The maximum atomic E-state index is 14.5. The molecular formula is C54H80N8O4. The second-order valence-electron chi connectivity index (χ2n) is 20.0. The number of amides is 4. The van der Waals surface area contributed by atoms with Crippen molar-refractivity contribution in [1.82, 2.24) is 40.2 Å². The number of nitrogens with zero attached hydrogens (tertiary/aromatic N) is 4. The van der Waals surface area contributed by atoms with Gasteiger partial charge in [-0.15, -0.1) is 0 Å². The number of rotatable bonds is 20. The second kappa shape index (κ2) is 23.4. The molecule has 2 aliphatic heterocycles. The third kappa shape index (κ3) is 11.5. The summed E-state index contributed by atoms with van der Waals surface area (Å²) in [5, 5.41) is 13.7. The second-order valence-corrected chi connectivity index (χ2v) is 20.0. The standard InChI is InChI=1S/C54H80N8O4/c1-7-8-26-46-39(4)59(35-42(46)33-44-24-17-31-61(44)53(65)49(40-20-11-9-12-21-40)57-51(63)37(2)55-5)29-19-30-60-36-43(47-27-15-16-28-48(47)60)34-45-25-18-32-62(45)54(66)50(41-22-13-10-14-23-41)58-52(64)38(3)56-6/h7-8,15-16,26-28,35-38,40-41,44-45,49-50,55-56H,1,9-14,17-25,29-34H2,2-6H3,(H,57,63)(H,58,64)/b26-8-/t37-,38-,44+,45+,49-,50-/m0/s1. The topological polar surface area (TPSA) is 133 Å². The van der Waals surface area contributed by atoms with Crippen LogP contribution in [0.4, 0.5) is 0 Å². The lowest BCUT2D eigenvalue weighted by Crippen LogP contribution is -2.56. The quantitative estimate of drug-likeness (QED) is 0.0872. The Morgan fingerprint density at radius 3 is 1.71 bits per heavy atom. The van der Waals surface area contributed by atoms with Gasteiger partial charge in [0, 0.05) is 67.3 Å². The van der Waals surface area contributed by atoms with E-state index in [1.807, 2.05) is 26.0 Å². The fourth-order valence-corrected chi connectivity index (χ4v) is 11.7. The normalized spacial score (nSPS) is 21.6. The molecule has 7 rings (SSSR count). The molecule has 6 atom stereocenters. The molecule has 0 unspecified atom stereocenters. The van der Waals surface area contributed by atoms with Gasteiger partial charge in [0.15, 0.2) is 0 Å². The molecule has 2 aromatic heterocycles. The van der Waals surface area contributed by atoms with Crippen LogP contribution in [0.2, 0.25) is 0 Å². The van der Waals surface area contributed by atoms with Crippen molar-refractivity contribution in [3.63, 3.8) is 0 Å². The maximum absolute atomic E-state index is 14.5. The van der Waals surface area contributed by atoms with Crippen molar-refractivity contribution in [2.75, 3.05) is 27.2 Å². The van der Waals surface area contributed by atoms with Crippen LogP contribution in [0, 0.1) is 18.8 Å². The Bertz CT molecular complexity index is 2160. The SMILES string of the molecule is C=C/C=C\c1c(C[C@H]2CCCN2C(=O)[C@@H](NC(=O)[C@H](C)NC)C2CCCCC2)cn(CCCn2cc(C[C@H]3CCCN3C(=O)[C@@H](NC(=O)[C@H](C)NC)C3CCCCC3)c3ccccc32)c1C. The van der Waals surface area contributed by atoms with Crippen LogP contribution in [-0.4, -0.2) is 106 Å². The Kier molecular flexibility index (Phi) is 17.4. The summed E-state index contributed by atoms with van der Waals surface area (Å²) < 4.78 is 4.78. The summed E-state index contributed by atoms with van der Waals surface area (Å²) in [6.45, 7) is 13.0. The molecule has 0 spiro atoms. The van der Waals surface area contributed by atoms with E-state index < -0.39 is 12.1 Å². The zero-order chi connectivity index (χ0) is 46.7. The molecule has 4 aliphatic rings. The van der Waals surface area contributed by atoms with Gasteiger partial charge in [-0.25, -0.2) is 0 Å². The number of fused-ring (bicyclic) bond motifs is 1. The first-order valence-electron chi connectivity index (χ1n) is 25.6. The van der Waals surface area contributed by atoms with Crippen LogP contribution >= 0.6 is 0 Å². The number of aryl methyl sites for hydroxylation is 2. The zero-order valence-electron chi connectivity index (χ0n) is 40.8. The molecule has 2 aliphatic carbocycles. The Balaban J connectivity index is 1.04. The fraction of sp³-hybridized carbons (Fsp3) is 0.630. The zero-order valence-corrected chi connectivity index (χ0v) is 40.8. The predicted octanol–water partition coefficient (Wildman–Crippen LogP) is 7.45. The van der Waals surface area contributed by atoms with E-state index in [4.69, 9.17) is 0 Å². The highest BCUT2D eigenvalue weighted by Gasteiger charge is 2.41. The number of allylic oxidation sites excluding steroid dienone is 2. The lowest BCUT2D eigenvalue weighted by Gasteiger charge is -2.35. The molecule has 66 heavy (non-hydrogen) atoms. The van der Waals surface area contributed by atoms with Crippen LogP contribution in [0.5, 0.6) is 0 Å². The van der Waals surface area contributed by atoms with E-state index in [-0.39, 0.29) is 59.6 Å². The molecule has 12 nitrogen and oxygen atoms in total. The van der Waals surface area contributed by atoms with Crippen LogP contribution in [-0.2, 0) is 45.1 Å². The molecule has 4 N–H and O–H groups in total. The van der Waals surface area contributed by atoms with Crippen molar-refractivity contribution in [2.24, 2.45) is 11.8 Å². The third-order valence-corrected chi connectivity index (χ3v) is 15.8. The van der Waals surface area contributed by atoms with Crippen molar-refractivity contribution in [1.29, 1.82) is 0 Å². The highest BCUT2D eigenvalue weighted by atomic mass is 16.2. The van der Waals surface area contributed by atoms with E-state index in [1.54, 1.807) is 14.1 Å². The Hall–Kier alpha value is -4.68. The summed E-state index contributed by atoms with van der Waals surface area (Å²) in [7, 11) is 3.57. The van der Waals surface area contributed by atoms with E-state index in [0.29, 0.717) is 0 Å². The lowest BCUT2D eigenvalue weighted by molar-refractivity contribution is -0.139. The number of nitrogens with one attached hydrogen (secondary N) is 4. The van der Waals surface area contributed by atoms with Crippen molar-refractivity contribution < 1.29 is 19.2 Å². The summed E-state index contributed by atoms with van der Waals surface area (Å²) in [6, 6.07) is 7.14. The molecule has 4 fully saturated rings. The van der Waals surface area contributed by atoms with E-state index in [0.717, 1.165) is 122 Å². The van der Waals surface area contributed by atoms with E-state index in [2.05, 4.69) is 96.4 Å². The summed E-state index contributed by atoms with van der Waals surface area (Å²) in [5.74, 6) is 0.297. The minimum absolute atomic E-state index is 0.0723. The molecule has 12 heteroatoms. The van der Waals surface area contributed by atoms with Crippen LogP contribution in [0.15, 0.2) is 55.4 Å². The summed E-state index contributed by atoms with van der Waals surface area (Å²) in [5.41, 5.74) is 6.13. The number of benzene rings is 1. The number of para-hydroxylation sites is 1. The number of hydrogen-bond acceptors (Lipinski definition) is 6. The first kappa shape index (κ1) is 49.2. The number of carbonyl (C=O) groups excluding carboxylic acids is 4. The predicted molar refractivity (Wildman–Crippen MR) is 266 cm³/mol. The van der Waals surface area contributed by atoms with Crippen molar-refractivity contribution in [3.8, 4) is 0 Å². The molecule has 2 saturated carbocycles. The Morgan fingerprint density at radius 1 is 0.682 bits per heavy atom. The smallest absolute Gasteiger partial charge is 0.245 e. The van der Waals surface area contributed by atoms with Gasteiger partial charge < -0.3 is 40.2 Å². The van der Waals surface area contributed by atoms with Gasteiger partial charge in [-0.1, -0.05) is 81.5 Å². The van der Waals surface area contributed by atoms with Gasteiger partial charge in [0.1, 0.15) is 12.1 Å². The Labute approximate surface area is 394 Å². The van der Waals surface area contributed by atoms with Gasteiger partial charge in [0.2, 0.25) is 23.6 Å². The number of aromatic nitrogens is 2. The molecular weight excluding hydrogens is 825 g/mol. The molecule has 360 valence electrons. The monoisotopic (exact) mass is 905 g/mol. The van der Waals surface area contributed by atoms with Crippen molar-refractivity contribution >= 4 is 40.6 Å². The molecule has 1 aromatic carbocycles. The first-order chi connectivity index (χ1) is 32.0. The van der Waals surface area contributed by atoms with E-state index in [1.165, 1.54) is 46.1 Å². The average molecular weight is 905 g/mol. The molecule has 2 saturated heterocycles. The lowest BCUT2D eigenvalue weighted by atomic mass is 9.83. The molecule has 4 amide bonds. The molecule has 0 bridgehead atoms. The minimum atomic E-state index is -0.490. The minimum Gasteiger partial charge on any atom is -0.351 e. The number of likely N-dealkylation sites (N-methyl/N-ethyl adjacent to an activating group) is 2. The number of carbonyl (C=O) groups is 4. The first-order valence-corrected chi connectivity index (χ1v) is 25.6. The van der Waals surface area contributed by atoms with Gasteiger partial charge in [-0.05, 0) is 140 Å². The van der Waals surface area contributed by atoms with Gasteiger partial charge in [-0.2, -0.15) is 0 Å².